The minimum Gasteiger partial charge on any atom is -0.465 e. The van der Waals surface area contributed by atoms with Gasteiger partial charge in [-0.2, -0.15) is 0 Å². The van der Waals surface area contributed by atoms with Crippen LogP contribution in [0, 0.1) is 5.92 Å². The first-order chi connectivity index (χ1) is 8.07. The summed E-state index contributed by atoms with van der Waals surface area (Å²) in [6.07, 6.45) is -1.16. The first-order valence-corrected chi connectivity index (χ1v) is 5.48. The third kappa shape index (κ3) is 3.39. The SMILES string of the molecule is CCOC(=O)C(C(C)=O)C(O)c1ccccc1. The zero-order chi connectivity index (χ0) is 12.8. The Morgan fingerprint density at radius 3 is 2.35 bits per heavy atom. The monoisotopic (exact) mass is 236 g/mol. The highest BCUT2D eigenvalue weighted by Gasteiger charge is 2.33. The highest BCUT2D eigenvalue weighted by Crippen LogP contribution is 2.23. The molecule has 1 N–H and O–H groups in total. The maximum atomic E-state index is 11.6. The molecule has 17 heavy (non-hydrogen) atoms. The Kier molecular flexibility index (Phi) is 4.84. The number of aliphatic hydroxyl groups excluding tert-OH is 1. The zero-order valence-corrected chi connectivity index (χ0v) is 9.92. The highest BCUT2D eigenvalue weighted by atomic mass is 16.5. The van der Waals surface area contributed by atoms with Crippen LogP contribution in [0.25, 0.3) is 0 Å². The van der Waals surface area contributed by atoms with Crippen LogP contribution in [0.5, 0.6) is 0 Å². The van der Waals surface area contributed by atoms with Gasteiger partial charge in [-0.25, -0.2) is 0 Å². The molecule has 0 aliphatic rings. The molecule has 1 aromatic carbocycles. The minimum atomic E-state index is -1.16. The van der Waals surface area contributed by atoms with Gasteiger partial charge in [0, 0.05) is 0 Å². The first-order valence-electron chi connectivity index (χ1n) is 5.48. The van der Waals surface area contributed by atoms with Crippen molar-refractivity contribution in [2.75, 3.05) is 6.61 Å². The number of carbonyl (C=O) groups is 2. The lowest BCUT2D eigenvalue weighted by Gasteiger charge is -2.19. The van der Waals surface area contributed by atoms with E-state index in [2.05, 4.69) is 0 Å². The molecule has 92 valence electrons. The van der Waals surface area contributed by atoms with Gasteiger partial charge in [0.2, 0.25) is 0 Å². The van der Waals surface area contributed by atoms with Gasteiger partial charge in [-0.1, -0.05) is 30.3 Å². The van der Waals surface area contributed by atoms with Crippen molar-refractivity contribution in [3.63, 3.8) is 0 Å². The standard InChI is InChI=1S/C13H16O4/c1-3-17-13(16)11(9(2)14)12(15)10-7-5-4-6-8-10/h4-8,11-12,15H,3H2,1-2H3. The molecular weight excluding hydrogens is 220 g/mol. The van der Waals surface area contributed by atoms with E-state index < -0.39 is 23.8 Å². The number of carbonyl (C=O) groups excluding carboxylic acids is 2. The number of rotatable bonds is 5. The van der Waals surface area contributed by atoms with Crippen molar-refractivity contribution in [1.29, 1.82) is 0 Å². The maximum Gasteiger partial charge on any atom is 0.319 e. The molecule has 2 unspecified atom stereocenters. The van der Waals surface area contributed by atoms with Crippen LogP contribution in [0.2, 0.25) is 0 Å². The van der Waals surface area contributed by atoms with Gasteiger partial charge in [-0.05, 0) is 19.4 Å². The van der Waals surface area contributed by atoms with Gasteiger partial charge < -0.3 is 9.84 Å². The van der Waals surface area contributed by atoms with Gasteiger partial charge in [0.25, 0.3) is 0 Å². The van der Waals surface area contributed by atoms with E-state index >= 15 is 0 Å². The normalized spacial score (nSPS) is 13.8. The predicted molar refractivity (Wildman–Crippen MR) is 62.2 cm³/mol. The Hall–Kier alpha value is -1.68. The van der Waals surface area contributed by atoms with Crippen LogP contribution in [-0.4, -0.2) is 23.5 Å². The summed E-state index contributed by atoms with van der Waals surface area (Å²) in [6, 6.07) is 8.60. The molecule has 0 saturated carbocycles. The quantitative estimate of drug-likeness (QED) is 0.621. The van der Waals surface area contributed by atoms with E-state index in [1.54, 1.807) is 37.3 Å². The second-order valence-electron chi connectivity index (χ2n) is 3.70. The van der Waals surface area contributed by atoms with Crippen LogP contribution in [-0.2, 0) is 14.3 Å². The van der Waals surface area contributed by atoms with Gasteiger partial charge >= 0.3 is 5.97 Å². The molecule has 0 fully saturated rings. The van der Waals surface area contributed by atoms with Crippen molar-refractivity contribution in [1.82, 2.24) is 0 Å². The number of Topliss-reactive ketones (excluding diaryl/α,β-unsaturated/α-hetero) is 1. The van der Waals surface area contributed by atoms with Gasteiger partial charge in [0.05, 0.1) is 12.7 Å². The number of ketones is 1. The predicted octanol–water partition coefficient (Wildman–Crippen LogP) is 1.49. The average Bonchev–Trinajstić information content (AvgIpc) is 2.30. The van der Waals surface area contributed by atoms with Crippen molar-refractivity contribution in [2.24, 2.45) is 5.92 Å². The number of aliphatic hydroxyl groups is 1. The average molecular weight is 236 g/mol. The lowest BCUT2D eigenvalue weighted by molar-refractivity contribution is -0.155. The number of hydrogen-bond acceptors (Lipinski definition) is 4. The summed E-state index contributed by atoms with van der Waals surface area (Å²) in [4.78, 5) is 23.0. The number of benzene rings is 1. The number of hydrogen-bond donors (Lipinski definition) is 1. The van der Waals surface area contributed by atoms with Crippen molar-refractivity contribution in [2.45, 2.75) is 20.0 Å². The van der Waals surface area contributed by atoms with E-state index in [1.807, 2.05) is 0 Å². The van der Waals surface area contributed by atoms with Crippen LogP contribution in [0.4, 0.5) is 0 Å². The van der Waals surface area contributed by atoms with E-state index in [0.29, 0.717) is 5.56 Å². The first kappa shape index (κ1) is 13.4. The van der Waals surface area contributed by atoms with E-state index in [0.717, 1.165) is 0 Å². The van der Waals surface area contributed by atoms with Gasteiger partial charge in [-0.15, -0.1) is 0 Å². The molecule has 0 saturated heterocycles. The molecule has 0 heterocycles. The molecule has 4 nitrogen and oxygen atoms in total. The second-order valence-corrected chi connectivity index (χ2v) is 3.70. The third-order valence-corrected chi connectivity index (χ3v) is 2.44. The third-order valence-electron chi connectivity index (χ3n) is 2.44. The maximum absolute atomic E-state index is 11.6. The Morgan fingerprint density at radius 1 is 1.29 bits per heavy atom. The fraction of sp³-hybridized carbons (Fsp3) is 0.385. The summed E-state index contributed by atoms with van der Waals surface area (Å²) in [5.74, 6) is -2.24. The summed E-state index contributed by atoms with van der Waals surface area (Å²) in [7, 11) is 0. The fourth-order valence-electron chi connectivity index (χ4n) is 1.59. The fourth-order valence-corrected chi connectivity index (χ4v) is 1.59. The summed E-state index contributed by atoms with van der Waals surface area (Å²) in [5.41, 5.74) is 0.528. The topological polar surface area (TPSA) is 63.6 Å². The summed E-state index contributed by atoms with van der Waals surface area (Å²) in [5, 5.41) is 10.0. The largest absolute Gasteiger partial charge is 0.465 e. The molecule has 0 aromatic heterocycles. The lowest BCUT2D eigenvalue weighted by Crippen LogP contribution is -2.30. The summed E-state index contributed by atoms with van der Waals surface area (Å²) >= 11 is 0. The molecule has 2 atom stereocenters. The Bertz CT molecular complexity index is 386. The molecular formula is C13H16O4. The molecule has 0 aliphatic heterocycles. The number of ether oxygens (including phenoxy) is 1. The molecule has 0 bridgehead atoms. The van der Waals surface area contributed by atoms with Gasteiger partial charge in [0.15, 0.2) is 0 Å². The zero-order valence-electron chi connectivity index (χ0n) is 9.92. The van der Waals surface area contributed by atoms with E-state index in [4.69, 9.17) is 4.74 Å². The molecule has 0 aliphatic carbocycles. The Balaban J connectivity index is 2.92. The van der Waals surface area contributed by atoms with Crippen LogP contribution < -0.4 is 0 Å². The van der Waals surface area contributed by atoms with Gasteiger partial charge in [-0.3, -0.25) is 9.59 Å². The molecule has 4 heteroatoms. The van der Waals surface area contributed by atoms with E-state index in [9.17, 15) is 14.7 Å². The van der Waals surface area contributed by atoms with Crippen molar-refractivity contribution < 1.29 is 19.4 Å². The van der Waals surface area contributed by atoms with Crippen molar-refractivity contribution >= 4 is 11.8 Å². The van der Waals surface area contributed by atoms with E-state index in [1.165, 1.54) is 6.92 Å². The van der Waals surface area contributed by atoms with E-state index in [-0.39, 0.29) is 6.61 Å². The molecule has 0 radical (unpaired) electrons. The van der Waals surface area contributed by atoms with Crippen LogP contribution >= 0.6 is 0 Å². The molecule has 1 rings (SSSR count). The lowest BCUT2D eigenvalue weighted by atomic mass is 9.93. The Labute approximate surface area is 100 Å². The molecule has 0 amide bonds. The van der Waals surface area contributed by atoms with Crippen LogP contribution in [0.1, 0.15) is 25.5 Å². The van der Waals surface area contributed by atoms with Crippen molar-refractivity contribution in [3.8, 4) is 0 Å². The summed E-state index contributed by atoms with van der Waals surface area (Å²) in [6.45, 7) is 3.11. The smallest absolute Gasteiger partial charge is 0.319 e. The second kappa shape index (κ2) is 6.15. The van der Waals surface area contributed by atoms with Gasteiger partial charge in [0.1, 0.15) is 11.7 Å². The molecule has 0 spiro atoms. The molecule has 1 aromatic rings. The number of esters is 1. The van der Waals surface area contributed by atoms with Crippen LogP contribution in [0.15, 0.2) is 30.3 Å². The Morgan fingerprint density at radius 2 is 1.88 bits per heavy atom. The van der Waals surface area contributed by atoms with Crippen LogP contribution in [0.3, 0.4) is 0 Å². The van der Waals surface area contributed by atoms with Crippen molar-refractivity contribution in [3.05, 3.63) is 35.9 Å². The minimum absolute atomic E-state index is 0.185. The highest BCUT2D eigenvalue weighted by molar-refractivity contribution is 5.98. The summed E-state index contributed by atoms with van der Waals surface area (Å²) < 4.78 is 4.79.